The Morgan fingerprint density at radius 3 is 2.48 bits per heavy atom. The summed E-state index contributed by atoms with van der Waals surface area (Å²) in [5.74, 6) is 2.47. The van der Waals surface area contributed by atoms with E-state index in [1.54, 1.807) is 13.2 Å². The molecule has 0 spiro atoms. The van der Waals surface area contributed by atoms with Crippen LogP contribution in [0.1, 0.15) is 62.5 Å². The fraction of sp³-hybridized carbons (Fsp3) is 0.538. The molecule has 2 aromatic rings. The van der Waals surface area contributed by atoms with Gasteiger partial charge in [0.1, 0.15) is 23.9 Å². The summed E-state index contributed by atoms with van der Waals surface area (Å²) >= 11 is 0. The van der Waals surface area contributed by atoms with Gasteiger partial charge in [0.15, 0.2) is 0 Å². The maximum Gasteiger partial charge on any atom is 0.694 e. The van der Waals surface area contributed by atoms with Gasteiger partial charge in [-0.15, -0.1) is 9.42 Å². The Labute approximate surface area is 196 Å². The van der Waals surface area contributed by atoms with Crippen LogP contribution in [0.25, 0.3) is 0 Å². The summed E-state index contributed by atoms with van der Waals surface area (Å²) in [5.41, 5.74) is 1.54. The predicted molar refractivity (Wildman–Crippen MR) is 125 cm³/mol. The second kappa shape index (κ2) is 10.5. The summed E-state index contributed by atoms with van der Waals surface area (Å²) in [6.07, 6.45) is 6.08. The first kappa shape index (κ1) is 24.1. The zero-order valence-electron chi connectivity index (χ0n) is 19.3. The van der Waals surface area contributed by atoms with Gasteiger partial charge in [0.05, 0.1) is 13.7 Å². The highest BCUT2D eigenvalue weighted by Gasteiger charge is 2.45. The van der Waals surface area contributed by atoms with Gasteiger partial charge in [-0.25, -0.2) is 4.39 Å². The van der Waals surface area contributed by atoms with Gasteiger partial charge in [-0.2, -0.15) is 0 Å². The topological polar surface area (TPSA) is 65.0 Å². The summed E-state index contributed by atoms with van der Waals surface area (Å²) in [6.45, 7) is 2.95. The first-order valence-corrected chi connectivity index (χ1v) is 12.9. The van der Waals surface area contributed by atoms with E-state index in [-0.39, 0.29) is 23.8 Å². The zero-order valence-corrected chi connectivity index (χ0v) is 20.2. The Bertz CT molecular complexity index is 971. The van der Waals surface area contributed by atoms with E-state index in [1.807, 2.05) is 30.3 Å². The summed E-state index contributed by atoms with van der Waals surface area (Å²) in [4.78, 5) is 9.12. The monoisotopic (exact) mass is 475 g/mol. The first-order chi connectivity index (χ1) is 15.9. The van der Waals surface area contributed by atoms with E-state index in [2.05, 4.69) is 6.92 Å². The number of ether oxygens (including phenoxy) is 2. The molecule has 2 atom stereocenters. The van der Waals surface area contributed by atoms with E-state index in [4.69, 9.17) is 18.9 Å². The SMILES string of the molecule is COc1ccc(F)c(C2CCC(COc3cccc(C(C)(CO[P+](=O)O)C4CC4)c3)CC2)c1. The molecular formula is C26H33FO5P+. The lowest BCUT2D eigenvalue weighted by molar-refractivity contribution is 0.191. The molecule has 2 aliphatic rings. The minimum Gasteiger partial charge on any atom is -0.497 e. The van der Waals surface area contributed by atoms with Gasteiger partial charge >= 0.3 is 8.25 Å². The van der Waals surface area contributed by atoms with Crippen LogP contribution in [0.2, 0.25) is 0 Å². The molecular weight excluding hydrogens is 442 g/mol. The van der Waals surface area contributed by atoms with E-state index in [1.165, 1.54) is 6.07 Å². The highest BCUT2D eigenvalue weighted by molar-refractivity contribution is 7.32. The van der Waals surface area contributed by atoms with Crippen LogP contribution in [0, 0.1) is 17.7 Å². The molecule has 0 heterocycles. The fourth-order valence-electron chi connectivity index (χ4n) is 5.10. The Hall–Kier alpha value is -2.01. The Kier molecular flexibility index (Phi) is 7.68. The van der Waals surface area contributed by atoms with E-state index in [9.17, 15) is 8.96 Å². The van der Waals surface area contributed by atoms with Crippen molar-refractivity contribution in [3.8, 4) is 11.5 Å². The summed E-state index contributed by atoms with van der Waals surface area (Å²) in [6, 6.07) is 13.0. The number of methoxy groups -OCH3 is 1. The quantitative estimate of drug-likeness (QED) is 0.396. The normalized spacial score (nSPS) is 23.0. The van der Waals surface area contributed by atoms with Crippen molar-refractivity contribution in [3.05, 3.63) is 59.4 Å². The molecule has 0 amide bonds. The Balaban J connectivity index is 1.34. The van der Waals surface area contributed by atoms with E-state index in [0.29, 0.717) is 24.2 Å². The van der Waals surface area contributed by atoms with Gasteiger partial charge in [-0.3, -0.25) is 0 Å². The molecule has 2 fully saturated rings. The number of rotatable bonds is 10. The molecule has 2 saturated carbocycles. The van der Waals surface area contributed by atoms with Gasteiger partial charge in [0.25, 0.3) is 0 Å². The predicted octanol–water partition coefficient (Wildman–Crippen LogP) is 6.52. The highest BCUT2D eigenvalue weighted by atomic mass is 31.1. The lowest BCUT2D eigenvalue weighted by Crippen LogP contribution is -2.30. The van der Waals surface area contributed by atoms with Crippen LogP contribution in [-0.2, 0) is 14.5 Å². The van der Waals surface area contributed by atoms with Gasteiger partial charge in [-0.1, -0.05) is 19.1 Å². The molecule has 0 bridgehead atoms. The van der Waals surface area contributed by atoms with Crippen molar-refractivity contribution >= 4 is 8.25 Å². The van der Waals surface area contributed by atoms with Crippen molar-refractivity contribution < 1.29 is 27.8 Å². The highest BCUT2D eigenvalue weighted by Crippen LogP contribution is 2.49. The van der Waals surface area contributed by atoms with Crippen molar-refractivity contribution in [2.75, 3.05) is 20.3 Å². The minimum absolute atomic E-state index is 0.152. The van der Waals surface area contributed by atoms with Crippen LogP contribution >= 0.6 is 8.25 Å². The molecule has 5 nitrogen and oxygen atoms in total. The number of halogens is 1. The molecule has 0 aromatic heterocycles. The van der Waals surface area contributed by atoms with E-state index >= 15 is 0 Å². The molecule has 33 heavy (non-hydrogen) atoms. The van der Waals surface area contributed by atoms with Gasteiger partial charge < -0.3 is 9.47 Å². The van der Waals surface area contributed by atoms with Gasteiger partial charge in [-0.05, 0) is 97.7 Å². The number of hydrogen-bond acceptors (Lipinski definition) is 4. The third kappa shape index (κ3) is 5.92. The molecule has 0 saturated heterocycles. The van der Waals surface area contributed by atoms with Crippen LogP contribution in [-0.4, -0.2) is 25.2 Å². The van der Waals surface area contributed by atoms with Crippen molar-refractivity contribution in [2.45, 2.75) is 56.8 Å². The van der Waals surface area contributed by atoms with Crippen molar-refractivity contribution in [1.29, 1.82) is 0 Å². The Morgan fingerprint density at radius 2 is 1.82 bits per heavy atom. The maximum absolute atomic E-state index is 14.3. The molecule has 0 aliphatic heterocycles. The maximum atomic E-state index is 14.3. The smallest absolute Gasteiger partial charge is 0.497 e. The third-order valence-electron chi connectivity index (χ3n) is 7.42. The second-order valence-electron chi connectivity index (χ2n) is 9.65. The molecule has 0 radical (unpaired) electrons. The van der Waals surface area contributed by atoms with Crippen LogP contribution in [0.15, 0.2) is 42.5 Å². The van der Waals surface area contributed by atoms with Crippen LogP contribution in [0.4, 0.5) is 4.39 Å². The Morgan fingerprint density at radius 1 is 1.06 bits per heavy atom. The van der Waals surface area contributed by atoms with Crippen molar-refractivity contribution in [1.82, 2.24) is 0 Å². The average Bonchev–Trinajstić information content (AvgIpc) is 3.68. The lowest BCUT2D eigenvalue weighted by Gasteiger charge is -2.30. The summed E-state index contributed by atoms with van der Waals surface area (Å²) in [7, 11) is -1.01. The number of benzene rings is 2. The zero-order chi connectivity index (χ0) is 23.4. The number of hydrogen-bond donors (Lipinski definition) is 1. The summed E-state index contributed by atoms with van der Waals surface area (Å²) in [5, 5.41) is 0. The standard InChI is InChI=1S/C26H32FO5P/c1-26(20-10-11-20,17-32-33(28)29)21-4-3-5-23(14-21)31-16-18-6-8-19(9-7-18)24-15-22(30-2)12-13-25(24)27/h3-5,12-15,18-20H,6-11,16-17H2,1-2H3/p+1. The van der Waals surface area contributed by atoms with Crippen LogP contribution in [0.3, 0.4) is 0 Å². The third-order valence-corrected chi connectivity index (χ3v) is 7.77. The van der Waals surface area contributed by atoms with Crippen LogP contribution < -0.4 is 9.47 Å². The van der Waals surface area contributed by atoms with Gasteiger partial charge in [0.2, 0.25) is 0 Å². The summed E-state index contributed by atoms with van der Waals surface area (Å²) < 4.78 is 42.0. The lowest BCUT2D eigenvalue weighted by atomic mass is 9.78. The van der Waals surface area contributed by atoms with Crippen molar-refractivity contribution in [2.24, 2.45) is 11.8 Å². The second-order valence-corrected chi connectivity index (χ2v) is 10.4. The molecule has 4 rings (SSSR count). The largest absolute Gasteiger partial charge is 0.694 e. The fourth-order valence-corrected chi connectivity index (χ4v) is 5.48. The molecule has 178 valence electrons. The van der Waals surface area contributed by atoms with Gasteiger partial charge in [0, 0.05) is 9.98 Å². The molecule has 2 unspecified atom stereocenters. The first-order valence-electron chi connectivity index (χ1n) is 11.7. The van der Waals surface area contributed by atoms with E-state index < -0.39 is 8.25 Å². The minimum atomic E-state index is -2.61. The average molecular weight is 476 g/mol. The molecule has 1 N–H and O–H groups in total. The van der Waals surface area contributed by atoms with Crippen molar-refractivity contribution in [3.63, 3.8) is 0 Å². The molecule has 2 aromatic carbocycles. The van der Waals surface area contributed by atoms with E-state index in [0.717, 1.165) is 55.4 Å². The molecule has 7 heteroatoms. The molecule has 2 aliphatic carbocycles. The van der Waals surface area contributed by atoms with Crippen LogP contribution in [0.5, 0.6) is 11.5 Å².